The molecule has 5 heteroatoms. The first kappa shape index (κ1) is 15.4. The summed E-state index contributed by atoms with van der Waals surface area (Å²) in [6, 6.07) is 7.96. The van der Waals surface area contributed by atoms with Gasteiger partial charge in [-0.1, -0.05) is 12.2 Å². The highest BCUT2D eigenvalue weighted by Crippen LogP contribution is 2.11. The molecule has 0 unspecified atom stereocenters. The van der Waals surface area contributed by atoms with Gasteiger partial charge in [0, 0.05) is 6.54 Å². The third-order valence-electron chi connectivity index (χ3n) is 2.61. The van der Waals surface area contributed by atoms with Crippen molar-refractivity contribution in [3.63, 3.8) is 0 Å². The summed E-state index contributed by atoms with van der Waals surface area (Å²) >= 11 is 0. The van der Waals surface area contributed by atoms with E-state index in [1.807, 2.05) is 25.1 Å². The summed E-state index contributed by atoms with van der Waals surface area (Å²) in [6.07, 6.45) is 4.89. The zero-order chi connectivity index (χ0) is 14.1. The van der Waals surface area contributed by atoms with E-state index in [1.165, 1.54) is 24.3 Å². The monoisotopic (exact) mass is 278 g/mol. The van der Waals surface area contributed by atoms with Crippen LogP contribution in [0.3, 0.4) is 0 Å². The van der Waals surface area contributed by atoms with Crippen LogP contribution in [0.2, 0.25) is 0 Å². The molecular weight excluding hydrogens is 260 g/mol. The van der Waals surface area contributed by atoms with E-state index in [-0.39, 0.29) is 10.6 Å². The smallest absolute Gasteiger partial charge is 0.179 e. The summed E-state index contributed by atoms with van der Waals surface area (Å²) in [6.45, 7) is 3.16. The van der Waals surface area contributed by atoms with Crippen LogP contribution in [0, 0.1) is 11.3 Å². The van der Waals surface area contributed by atoms with Crippen molar-refractivity contribution in [3.05, 3.63) is 42.0 Å². The van der Waals surface area contributed by atoms with Gasteiger partial charge < -0.3 is 5.32 Å². The van der Waals surface area contributed by atoms with Crippen molar-refractivity contribution in [2.24, 2.45) is 0 Å². The maximum Gasteiger partial charge on any atom is 0.179 e. The number of nitriles is 1. The Kier molecular flexibility index (Phi) is 6.26. The zero-order valence-corrected chi connectivity index (χ0v) is 11.8. The quantitative estimate of drug-likeness (QED) is 0.611. The molecule has 0 bridgehead atoms. The third kappa shape index (κ3) is 5.25. The highest BCUT2D eigenvalue weighted by molar-refractivity contribution is 7.91. The Morgan fingerprint density at radius 3 is 2.53 bits per heavy atom. The van der Waals surface area contributed by atoms with E-state index in [0.29, 0.717) is 12.1 Å². The molecule has 0 aliphatic rings. The number of sulfone groups is 1. The predicted molar refractivity (Wildman–Crippen MR) is 75.5 cm³/mol. The minimum absolute atomic E-state index is 0.0642. The zero-order valence-electron chi connectivity index (χ0n) is 11.0. The number of hydrogen-bond donors (Lipinski definition) is 1. The molecule has 19 heavy (non-hydrogen) atoms. The SMILES string of the molecule is C/C=C/CCNCCS(=O)(=O)c1ccc(C#N)cc1. The summed E-state index contributed by atoms with van der Waals surface area (Å²) in [4.78, 5) is 0.266. The molecule has 0 atom stereocenters. The van der Waals surface area contributed by atoms with Crippen LogP contribution >= 0.6 is 0 Å². The minimum Gasteiger partial charge on any atom is -0.315 e. The van der Waals surface area contributed by atoms with Crippen molar-refractivity contribution in [3.8, 4) is 6.07 Å². The van der Waals surface area contributed by atoms with Crippen LogP contribution in [0.4, 0.5) is 0 Å². The topological polar surface area (TPSA) is 70.0 Å². The summed E-state index contributed by atoms with van der Waals surface area (Å²) in [5.41, 5.74) is 0.462. The Bertz CT molecular complexity index is 554. The van der Waals surface area contributed by atoms with Crippen molar-refractivity contribution >= 4 is 9.84 Å². The molecule has 1 aromatic rings. The Labute approximate surface area is 114 Å². The normalized spacial score (nSPS) is 11.6. The molecule has 0 saturated heterocycles. The number of nitrogens with zero attached hydrogens (tertiary/aromatic N) is 1. The van der Waals surface area contributed by atoms with Crippen molar-refractivity contribution in [2.45, 2.75) is 18.2 Å². The van der Waals surface area contributed by atoms with Crippen molar-refractivity contribution in [1.29, 1.82) is 5.26 Å². The van der Waals surface area contributed by atoms with Gasteiger partial charge in [0.2, 0.25) is 0 Å². The summed E-state index contributed by atoms with van der Waals surface area (Å²) in [5, 5.41) is 11.7. The lowest BCUT2D eigenvalue weighted by Gasteiger charge is -2.05. The van der Waals surface area contributed by atoms with Crippen molar-refractivity contribution in [2.75, 3.05) is 18.8 Å². The molecule has 0 aliphatic carbocycles. The standard InChI is InChI=1S/C14H18N2O2S/c1-2-3-4-9-16-10-11-19(17,18)14-7-5-13(12-15)6-8-14/h2-3,5-8,16H,4,9-11H2,1H3/b3-2+. The highest BCUT2D eigenvalue weighted by Gasteiger charge is 2.13. The van der Waals surface area contributed by atoms with Gasteiger partial charge in [0.05, 0.1) is 22.3 Å². The van der Waals surface area contributed by atoms with Gasteiger partial charge in [-0.05, 0) is 44.2 Å². The van der Waals surface area contributed by atoms with E-state index in [0.717, 1.165) is 13.0 Å². The van der Waals surface area contributed by atoms with Crippen LogP contribution in [-0.4, -0.2) is 27.3 Å². The molecule has 0 spiro atoms. The second-order valence-corrected chi connectivity index (χ2v) is 6.17. The largest absolute Gasteiger partial charge is 0.315 e. The van der Waals surface area contributed by atoms with E-state index in [1.54, 1.807) is 0 Å². The number of benzene rings is 1. The fourth-order valence-corrected chi connectivity index (χ4v) is 2.74. The van der Waals surface area contributed by atoms with Crippen LogP contribution in [0.25, 0.3) is 0 Å². The molecule has 1 N–H and O–H groups in total. The Balaban J connectivity index is 2.49. The maximum atomic E-state index is 12.0. The summed E-state index contributed by atoms with van der Waals surface area (Å²) in [5.74, 6) is 0.0642. The fourth-order valence-electron chi connectivity index (χ4n) is 1.54. The predicted octanol–water partition coefficient (Wildman–Crippen LogP) is 1.89. The molecule has 0 heterocycles. The molecule has 1 rings (SSSR count). The van der Waals surface area contributed by atoms with Crippen LogP contribution in [-0.2, 0) is 9.84 Å². The van der Waals surface area contributed by atoms with Crippen LogP contribution < -0.4 is 5.32 Å². The molecule has 0 amide bonds. The Hall–Kier alpha value is -1.64. The first-order valence-corrected chi connectivity index (χ1v) is 7.80. The van der Waals surface area contributed by atoms with E-state index in [9.17, 15) is 8.42 Å². The summed E-state index contributed by atoms with van der Waals surface area (Å²) < 4.78 is 24.0. The van der Waals surface area contributed by atoms with E-state index >= 15 is 0 Å². The van der Waals surface area contributed by atoms with Crippen molar-refractivity contribution in [1.82, 2.24) is 5.32 Å². The van der Waals surface area contributed by atoms with Crippen LogP contribution in [0.15, 0.2) is 41.3 Å². The number of nitrogens with one attached hydrogen (secondary N) is 1. The number of allylic oxidation sites excluding steroid dienone is 1. The lowest BCUT2D eigenvalue weighted by Crippen LogP contribution is -2.23. The highest BCUT2D eigenvalue weighted by atomic mass is 32.2. The van der Waals surface area contributed by atoms with Gasteiger partial charge >= 0.3 is 0 Å². The Morgan fingerprint density at radius 2 is 1.95 bits per heavy atom. The molecule has 0 aliphatic heterocycles. The molecule has 0 saturated carbocycles. The molecule has 0 aromatic heterocycles. The van der Waals surface area contributed by atoms with Gasteiger partial charge in [-0.15, -0.1) is 0 Å². The number of hydrogen-bond acceptors (Lipinski definition) is 4. The average Bonchev–Trinajstić information content (AvgIpc) is 2.43. The molecule has 0 radical (unpaired) electrons. The van der Waals surface area contributed by atoms with E-state index < -0.39 is 9.84 Å². The first-order valence-electron chi connectivity index (χ1n) is 6.15. The first-order chi connectivity index (χ1) is 9.10. The molecule has 102 valence electrons. The van der Waals surface area contributed by atoms with Crippen molar-refractivity contribution < 1.29 is 8.42 Å². The lowest BCUT2D eigenvalue weighted by atomic mass is 10.2. The average molecular weight is 278 g/mol. The molecule has 4 nitrogen and oxygen atoms in total. The second kappa shape index (κ2) is 7.72. The molecule has 1 aromatic carbocycles. The number of rotatable bonds is 7. The van der Waals surface area contributed by atoms with Gasteiger partial charge in [-0.25, -0.2) is 8.42 Å². The van der Waals surface area contributed by atoms with Crippen LogP contribution in [0.1, 0.15) is 18.9 Å². The van der Waals surface area contributed by atoms with E-state index in [2.05, 4.69) is 5.32 Å². The lowest BCUT2D eigenvalue weighted by molar-refractivity contribution is 0.591. The van der Waals surface area contributed by atoms with E-state index in [4.69, 9.17) is 5.26 Å². The second-order valence-electron chi connectivity index (χ2n) is 4.06. The van der Waals surface area contributed by atoms with Gasteiger partial charge in [-0.3, -0.25) is 0 Å². The molecular formula is C14H18N2O2S. The van der Waals surface area contributed by atoms with Gasteiger partial charge in [0.1, 0.15) is 0 Å². The van der Waals surface area contributed by atoms with Gasteiger partial charge in [0.25, 0.3) is 0 Å². The maximum absolute atomic E-state index is 12.0. The third-order valence-corrected chi connectivity index (χ3v) is 4.35. The minimum atomic E-state index is -3.27. The van der Waals surface area contributed by atoms with Gasteiger partial charge in [-0.2, -0.15) is 5.26 Å². The fraction of sp³-hybridized carbons (Fsp3) is 0.357. The Morgan fingerprint density at radius 1 is 1.26 bits per heavy atom. The van der Waals surface area contributed by atoms with Gasteiger partial charge in [0.15, 0.2) is 9.84 Å². The van der Waals surface area contributed by atoms with Crippen LogP contribution in [0.5, 0.6) is 0 Å². The molecule has 0 fully saturated rings. The summed E-state index contributed by atoms with van der Waals surface area (Å²) in [7, 11) is -3.27.